The Bertz CT molecular complexity index is 486. The zero-order valence-electron chi connectivity index (χ0n) is 8.92. The number of ether oxygens (including phenoxy) is 1. The zero-order chi connectivity index (χ0) is 11.4. The van der Waals surface area contributed by atoms with Crippen molar-refractivity contribution in [3.05, 3.63) is 36.7 Å². The topological polar surface area (TPSA) is 55.2 Å². The van der Waals surface area contributed by atoms with Gasteiger partial charge in [-0.3, -0.25) is 0 Å². The van der Waals surface area contributed by atoms with Gasteiger partial charge < -0.3 is 9.84 Å². The van der Waals surface area contributed by atoms with E-state index in [2.05, 4.69) is 9.97 Å². The van der Waals surface area contributed by atoms with Crippen molar-refractivity contribution in [1.29, 1.82) is 0 Å². The predicted molar refractivity (Wildman–Crippen MR) is 60.3 cm³/mol. The summed E-state index contributed by atoms with van der Waals surface area (Å²) in [4.78, 5) is 8.07. The molecular formula is C12H12N2O2. The Labute approximate surface area is 93.6 Å². The van der Waals surface area contributed by atoms with Gasteiger partial charge in [0, 0.05) is 11.6 Å². The normalized spacial score (nSPS) is 10.1. The Morgan fingerprint density at radius 3 is 2.81 bits per heavy atom. The first-order chi connectivity index (χ1) is 7.81. The van der Waals surface area contributed by atoms with Gasteiger partial charge in [0.2, 0.25) is 5.88 Å². The summed E-state index contributed by atoms with van der Waals surface area (Å²) in [5.74, 6) is 0.708. The van der Waals surface area contributed by atoms with E-state index >= 15 is 0 Å². The van der Waals surface area contributed by atoms with Gasteiger partial charge in [-0.05, 0) is 19.1 Å². The van der Waals surface area contributed by atoms with Crippen molar-refractivity contribution < 1.29 is 9.84 Å². The van der Waals surface area contributed by atoms with Crippen molar-refractivity contribution in [3.8, 4) is 22.9 Å². The lowest BCUT2D eigenvalue weighted by Crippen LogP contribution is -1.95. The average molecular weight is 216 g/mol. The summed E-state index contributed by atoms with van der Waals surface area (Å²) < 4.78 is 5.28. The third kappa shape index (κ3) is 2.11. The number of para-hydroxylation sites is 1. The van der Waals surface area contributed by atoms with Crippen molar-refractivity contribution in [2.24, 2.45) is 0 Å². The molecule has 0 unspecified atom stereocenters. The molecule has 0 aliphatic rings. The first-order valence-electron chi connectivity index (χ1n) is 5.04. The first-order valence-corrected chi connectivity index (χ1v) is 5.04. The lowest BCUT2D eigenvalue weighted by Gasteiger charge is -2.05. The maximum Gasteiger partial charge on any atom is 0.216 e. The fourth-order valence-electron chi connectivity index (χ4n) is 1.40. The van der Waals surface area contributed by atoms with Crippen LogP contribution in [0.25, 0.3) is 11.3 Å². The fraction of sp³-hybridized carbons (Fsp3) is 0.167. The molecule has 82 valence electrons. The SMILES string of the molecule is CCOc1cc(-c2ccccc2O)ncn1. The molecule has 4 heteroatoms. The summed E-state index contributed by atoms with van der Waals surface area (Å²) in [6.07, 6.45) is 1.42. The summed E-state index contributed by atoms with van der Waals surface area (Å²) in [6.45, 7) is 2.44. The number of aromatic nitrogens is 2. The maximum absolute atomic E-state index is 9.68. The molecule has 0 amide bonds. The number of nitrogens with zero attached hydrogens (tertiary/aromatic N) is 2. The lowest BCUT2D eigenvalue weighted by atomic mass is 10.1. The van der Waals surface area contributed by atoms with Crippen LogP contribution in [0.15, 0.2) is 36.7 Å². The number of rotatable bonds is 3. The minimum atomic E-state index is 0.198. The minimum absolute atomic E-state index is 0.198. The second-order valence-corrected chi connectivity index (χ2v) is 3.19. The van der Waals surface area contributed by atoms with E-state index in [0.717, 1.165) is 0 Å². The molecule has 2 aromatic rings. The highest BCUT2D eigenvalue weighted by atomic mass is 16.5. The molecule has 0 aliphatic carbocycles. The second-order valence-electron chi connectivity index (χ2n) is 3.19. The Morgan fingerprint density at radius 2 is 2.06 bits per heavy atom. The minimum Gasteiger partial charge on any atom is -0.507 e. The Balaban J connectivity index is 2.40. The van der Waals surface area contributed by atoms with E-state index in [1.165, 1.54) is 6.33 Å². The first kappa shape index (κ1) is 10.4. The van der Waals surface area contributed by atoms with Crippen molar-refractivity contribution in [3.63, 3.8) is 0 Å². The van der Waals surface area contributed by atoms with Crippen molar-refractivity contribution in [2.75, 3.05) is 6.61 Å². The van der Waals surface area contributed by atoms with E-state index in [-0.39, 0.29) is 5.75 Å². The summed E-state index contributed by atoms with van der Waals surface area (Å²) >= 11 is 0. The van der Waals surface area contributed by atoms with Crippen molar-refractivity contribution in [2.45, 2.75) is 6.92 Å². The number of benzene rings is 1. The van der Waals surface area contributed by atoms with Crippen LogP contribution in [-0.2, 0) is 0 Å². The van der Waals surface area contributed by atoms with Gasteiger partial charge in [-0.15, -0.1) is 0 Å². The lowest BCUT2D eigenvalue weighted by molar-refractivity contribution is 0.326. The third-order valence-corrected chi connectivity index (χ3v) is 2.11. The van der Waals surface area contributed by atoms with Crippen LogP contribution in [0.2, 0.25) is 0 Å². The molecule has 0 bridgehead atoms. The van der Waals surface area contributed by atoms with Crippen LogP contribution >= 0.6 is 0 Å². The highest BCUT2D eigenvalue weighted by Crippen LogP contribution is 2.27. The van der Waals surface area contributed by atoms with Gasteiger partial charge >= 0.3 is 0 Å². The highest BCUT2D eigenvalue weighted by molar-refractivity contribution is 5.66. The molecule has 0 radical (unpaired) electrons. The molecule has 1 N–H and O–H groups in total. The average Bonchev–Trinajstić information content (AvgIpc) is 2.30. The van der Waals surface area contributed by atoms with Crippen LogP contribution in [0.1, 0.15) is 6.92 Å². The quantitative estimate of drug-likeness (QED) is 0.854. The Kier molecular flexibility index (Phi) is 3.00. The van der Waals surface area contributed by atoms with Crippen LogP contribution < -0.4 is 4.74 Å². The summed E-state index contributed by atoms with van der Waals surface area (Å²) in [6, 6.07) is 8.74. The number of hydrogen-bond acceptors (Lipinski definition) is 4. The van der Waals surface area contributed by atoms with Gasteiger partial charge in [0.15, 0.2) is 0 Å². The van der Waals surface area contributed by atoms with Crippen LogP contribution in [0.4, 0.5) is 0 Å². The molecule has 0 aliphatic heterocycles. The standard InChI is InChI=1S/C12H12N2O2/c1-2-16-12-7-10(13-8-14-12)9-5-3-4-6-11(9)15/h3-8,15H,2H2,1H3. The molecule has 4 nitrogen and oxygen atoms in total. The van der Waals surface area contributed by atoms with Crippen LogP contribution in [0, 0.1) is 0 Å². The number of hydrogen-bond donors (Lipinski definition) is 1. The molecule has 1 heterocycles. The smallest absolute Gasteiger partial charge is 0.216 e. The van der Waals surface area contributed by atoms with Gasteiger partial charge in [0.1, 0.15) is 12.1 Å². The van der Waals surface area contributed by atoms with Crippen molar-refractivity contribution >= 4 is 0 Å². The monoisotopic (exact) mass is 216 g/mol. The van der Waals surface area contributed by atoms with Gasteiger partial charge in [0.05, 0.1) is 12.3 Å². The largest absolute Gasteiger partial charge is 0.507 e. The highest BCUT2D eigenvalue weighted by Gasteiger charge is 2.06. The molecule has 0 atom stereocenters. The second kappa shape index (κ2) is 4.61. The van der Waals surface area contributed by atoms with Crippen LogP contribution in [-0.4, -0.2) is 21.7 Å². The molecule has 16 heavy (non-hydrogen) atoms. The Morgan fingerprint density at radius 1 is 1.25 bits per heavy atom. The van der Waals surface area contributed by atoms with Crippen LogP contribution in [0.5, 0.6) is 11.6 Å². The molecule has 0 fully saturated rings. The summed E-state index contributed by atoms with van der Waals surface area (Å²) in [7, 11) is 0. The van der Waals surface area contributed by atoms with E-state index in [1.807, 2.05) is 13.0 Å². The number of phenolic OH excluding ortho intramolecular Hbond substituents is 1. The molecular weight excluding hydrogens is 204 g/mol. The third-order valence-electron chi connectivity index (χ3n) is 2.11. The van der Waals surface area contributed by atoms with E-state index in [0.29, 0.717) is 23.7 Å². The number of phenols is 1. The predicted octanol–water partition coefficient (Wildman–Crippen LogP) is 2.25. The van der Waals surface area contributed by atoms with E-state index in [1.54, 1.807) is 24.3 Å². The molecule has 0 saturated heterocycles. The molecule has 1 aromatic heterocycles. The van der Waals surface area contributed by atoms with Crippen molar-refractivity contribution in [1.82, 2.24) is 9.97 Å². The van der Waals surface area contributed by atoms with Gasteiger partial charge in [-0.2, -0.15) is 0 Å². The molecule has 1 aromatic carbocycles. The van der Waals surface area contributed by atoms with E-state index in [9.17, 15) is 5.11 Å². The van der Waals surface area contributed by atoms with Crippen LogP contribution in [0.3, 0.4) is 0 Å². The van der Waals surface area contributed by atoms with Gasteiger partial charge in [-0.25, -0.2) is 9.97 Å². The molecule has 0 saturated carbocycles. The zero-order valence-corrected chi connectivity index (χ0v) is 8.92. The van der Waals surface area contributed by atoms with Gasteiger partial charge in [-0.1, -0.05) is 12.1 Å². The number of aromatic hydroxyl groups is 1. The van der Waals surface area contributed by atoms with Gasteiger partial charge in [0.25, 0.3) is 0 Å². The van der Waals surface area contributed by atoms with E-state index < -0.39 is 0 Å². The maximum atomic E-state index is 9.68. The Hall–Kier alpha value is -2.10. The molecule has 2 rings (SSSR count). The summed E-state index contributed by atoms with van der Waals surface area (Å²) in [5.41, 5.74) is 1.32. The van der Waals surface area contributed by atoms with E-state index in [4.69, 9.17) is 4.74 Å². The fourth-order valence-corrected chi connectivity index (χ4v) is 1.40. The molecule has 0 spiro atoms. The summed E-state index contributed by atoms with van der Waals surface area (Å²) in [5, 5.41) is 9.68.